The minimum absolute atomic E-state index is 0.0364. The second kappa shape index (κ2) is 7.31. The highest BCUT2D eigenvalue weighted by Gasteiger charge is 2.31. The molecule has 0 spiro atoms. The Bertz CT molecular complexity index is 650. The van der Waals surface area contributed by atoms with Gasteiger partial charge in [-0.25, -0.2) is 4.98 Å². The third-order valence-corrected chi connectivity index (χ3v) is 3.70. The van der Waals surface area contributed by atoms with Crippen LogP contribution in [0.5, 0.6) is 0 Å². The average Bonchev–Trinajstić information content (AvgIpc) is 2.81. The van der Waals surface area contributed by atoms with Crippen LogP contribution in [0.15, 0.2) is 18.2 Å². The molecule has 0 atom stereocenters. The number of fused-ring (bicyclic) bond motifs is 1. The van der Waals surface area contributed by atoms with Gasteiger partial charge in [-0.05, 0) is 51.7 Å². The highest BCUT2D eigenvalue weighted by atomic mass is 19.4. The van der Waals surface area contributed by atoms with Crippen LogP contribution in [0.4, 0.5) is 13.2 Å². The van der Waals surface area contributed by atoms with E-state index in [1.165, 1.54) is 6.07 Å². The summed E-state index contributed by atoms with van der Waals surface area (Å²) < 4.78 is 40.5. The summed E-state index contributed by atoms with van der Waals surface area (Å²) in [5.74, 6) is 0.729. The van der Waals surface area contributed by atoms with E-state index in [1.807, 2.05) is 18.7 Å². The van der Waals surface area contributed by atoms with Crippen molar-refractivity contribution in [1.82, 2.24) is 14.5 Å². The lowest BCUT2D eigenvalue weighted by Crippen LogP contribution is -2.16. The van der Waals surface area contributed by atoms with E-state index in [2.05, 4.69) is 9.88 Å². The third-order valence-electron chi connectivity index (χ3n) is 3.70. The number of nitrogens with zero attached hydrogens (tertiary/aromatic N) is 3. The van der Waals surface area contributed by atoms with E-state index in [0.29, 0.717) is 30.4 Å². The van der Waals surface area contributed by atoms with Crippen LogP contribution in [0.3, 0.4) is 0 Å². The molecule has 1 N–H and O–H groups in total. The molecule has 0 saturated carbocycles. The smallest absolute Gasteiger partial charge is 0.396 e. The van der Waals surface area contributed by atoms with Gasteiger partial charge in [-0.15, -0.1) is 0 Å². The van der Waals surface area contributed by atoms with Gasteiger partial charge in [0.05, 0.1) is 16.6 Å². The molecule has 2 rings (SSSR count). The average molecular weight is 329 g/mol. The second-order valence-corrected chi connectivity index (χ2v) is 5.86. The summed E-state index contributed by atoms with van der Waals surface area (Å²) in [7, 11) is 3.96. The monoisotopic (exact) mass is 329 g/mol. The minimum atomic E-state index is -4.37. The van der Waals surface area contributed by atoms with Gasteiger partial charge < -0.3 is 14.6 Å². The number of alkyl halides is 3. The molecular weight excluding hydrogens is 307 g/mol. The Labute approximate surface area is 133 Å². The van der Waals surface area contributed by atoms with Crippen molar-refractivity contribution in [2.75, 3.05) is 27.2 Å². The first kappa shape index (κ1) is 17.7. The molecule has 0 saturated heterocycles. The first-order valence-electron chi connectivity index (χ1n) is 7.65. The molecule has 0 fully saturated rings. The third kappa shape index (κ3) is 4.45. The topological polar surface area (TPSA) is 41.3 Å². The quantitative estimate of drug-likeness (QED) is 0.849. The molecule has 4 nitrogen and oxygen atoms in total. The number of hydrogen-bond acceptors (Lipinski definition) is 3. The van der Waals surface area contributed by atoms with Gasteiger partial charge >= 0.3 is 6.18 Å². The molecule has 128 valence electrons. The van der Waals surface area contributed by atoms with E-state index in [1.54, 1.807) is 0 Å². The molecule has 0 amide bonds. The Morgan fingerprint density at radius 2 is 1.96 bits per heavy atom. The van der Waals surface area contributed by atoms with Gasteiger partial charge in [0.1, 0.15) is 5.82 Å². The number of aryl methyl sites for hydroxylation is 2. The first-order chi connectivity index (χ1) is 10.8. The predicted octanol–water partition coefficient (Wildman–Crippen LogP) is 2.93. The summed E-state index contributed by atoms with van der Waals surface area (Å²) >= 11 is 0. The van der Waals surface area contributed by atoms with Crippen molar-refractivity contribution < 1.29 is 18.3 Å². The minimum Gasteiger partial charge on any atom is -0.396 e. The SMILES string of the molecule is CN(C)CCCn1c(CCCO)nc2cc(C(F)(F)F)ccc21. The summed E-state index contributed by atoms with van der Waals surface area (Å²) in [5.41, 5.74) is 0.388. The highest BCUT2D eigenvalue weighted by Crippen LogP contribution is 2.31. The Kier molecular flexibility index (Phi) is 5.64. The normalized spacial score (nSPS) is 12.5. The Morgan fingerprint density at radius 3 is 2.57 bits per heavy atom. The van der Waals surface area contributed by atoms with Crippen molar-refractivity contribution in [3.05, 3.63) is 29.6 Å². The van der Waals surface area contributed by atoms with Gasteiger partial charge in [-0.1, -0.05) is 0 Å². The molecule has 1 heterocycles. The number of aliphatic hydroxyl groups excluding tert-OH is 1. The van der Waals surface area contributed by atoms with Crippen LogP contribution in [-0.2, 0) is 19.1 Å². The molecule has 1 aromatic heterocycles. The lowest BCUT2D eigenvalue weighted by atomic mass is 10.2. The van der Waals surface area contributed by atoms with E-state index >= 15 is 0 Å². The number of halogens is 3. The number of imidazole rings is 1. The molecule has 0 bridgehead atoms. The van der Waals surface area contributed by atoms with Gasteiger partial charge in [0.2, 0.25) is 0 Å². The van der Waals surface area contributed by atoms with E-state index < -0.39 is 11.7 Å². The fraction of sp³-hybridized carbons (Fsp3) is 0.562. The van der Waals surface area contributed by atoms with Crippen molar-refractivity contribution >= 4 is 11.0 Å². The number of rotatable bonds is 7. The maximum absolute atomic E-state index is 12.8. The summed E-state index contributed by atoms with van der Waals surface area (Å²) in [4.78, 5) is 6.42. The zero-order chi connectivity index (χ0) is 17.0. The van der Waals surface area contributed by atoms with Crippen LogP contribution in [0.1, 0.15) is 24.2 Å². The molecule has 1 aromatic carbocycles. The van der Waals surface area contributed by atoms with Gasteiger partial charge in [0.15, 0.2) is 0 Å². The highest BCUT2D eigenvalue weighted by molar-refractivity contribution is 5.77. The summed E-state index contributed by atoms with van der Waals surface area (Å²) in [6.45, 7) is 1.62. The molecule has 0 aliphatic carbocycles. The van der Waals surface area contributed by atoms with Crippen molar-refractivity contribution in [3.8, 4) is 0 Å². The van der Waals surface area contributed by atoms with Crippen LogP contribution in [0.25, 0.3) is 11.0 Å². The molecule has 0 radical (unpaired) electrons. The number of aromatic nitrogens is 2. The Morgan fingerprint density at radius 1 is 1.22 bits per heavy atom. The van der Waals surface area contributed by atoms with Gasteiger partial charge in [-0.3, -0.25) is 0 Å². The second-order valence-electron chi connectivity index (χ2n) is 5.86. The largest absolute Gasteiger partial charge is 0.416 e. The predicted molar refractivity (Wildman–Crippen MR) is 83.3 cm³/mol. The van der Waals surface area contributed by atoms with Crippen LogP contribution in [0, 0.1) is 0 Å². The lowest BCUT2D eigenvalue weighted by molar-refractivity contribution is -0.137. The fourth-order valence-electron chi connectivity index (χ4n) is 2.58. The lowest BCUT2D eigenvalue weighted by Gasteiger charge is -2.12. The molecule has 2 aromatic rings. The van der Waals surface area contributed by atoms with Crippen LogP contribution in [-0.4, -0.2) is 46.8 Å². The van der Waals surface area contributed by atoms with Gasteiger partial charge in [0.25, 0.3) is 0 Å². The summed E-state index contributed by atoms with van der Waals surface area (Å²) in [6.07, 6.45) is -2.39. The van der Waals surface area contributed by atoms with E-state index in [-0.39, 0.29) is 6.61 Å². The summed E-state index contributed by atoms with van der Waals surface area (Å²) in [5, 5.41) is 9.00. The Hall–Kier alpha value is -1.60. The molecular formula is C16H22F3N3O. The van der Waals surface area contributed by atoms with Crippen molar-refractivity contribution in [1.29, 1.82) is 0 Å². The fourth-order valence-corrected chi connectivity index (χ4v) is 2.58. The first-order valence-corrected chi connectivity index (χ1v) is 7.65. The van der Waals surface area contributed by atoms with Crippen molar-refractivity contribution in [2.24, 2.45) is 0 Å². The standard InChI is InChI=1S/C16H22F3N3O/c1-21(2)8-4-9-22-14-7-6-12(16(17,18)19)11-13(14)20-15(22)5-3-10-23/h6-7,11,23H,3-5,8-10H2,1-2H3. The summed E-state index contributed by atoms with van der Waals surface area (Å²) in [6, 6.07) is 3.69. The van der Waals surface area contributed by atoms with Crippen molar-refractivity contribution in [3.63, 3.8) is 0 Å². The zero-order valence-electron chi connectivity index (χ0n) is 13.4. The van der Waals surface area contributed by atoms with E-state index in [0.717, 1.165) is 30.9 Å². The Balaban J connectivity index is 2.35. The van der Waals surface area contributed by atoms with Crippen molar-refractivity contribution in [2.45, 2.75) is 32.0 Å². The molecule has 0 aliphatic heterocycles. The molecule has 0 aliphatic rings. The van der Waals surface area contributed by atoms with Gasteiger partial charge in [-0.2, -0.15) is 13.2 Å². The van der Waals surface area contributed by atoms with E-state index in [9.17, 15) is 13.2 Å². The maximum atomic E-state index is 12.8. The van der Waals surface area contributed by atoms with E-state index in [4.69, 9.17) is 5.11 Å². The van der Waals surface area contributed by atoms with Crippen LogP contribution < -0.4 is 0 Å². The van der Waals surface area contributed by atoms with Crippen LogP contribution >= 0.6 is 0 Å². The molecule has 0 unspecified atom stereocenters. The van der Waals surface area contributed by atoms with Crippen LogP contribution in [0.2, 0.25) is 0 Å². The maximum Gasteiger partial charge on any atom is 0.416 e. The number of benzene rings is 1. The molecule has 7 heteroatoms. The molecule has 23 heavy (non-hydrogen) atoms. The number of hydrogen-bond donors (Lipinski definition) is 1. The zero-order valence-corrected chi connectivity index (χ0v) is 13.4. The number of aliphatic hydroxyl groups is 1. The van der Waals surface area contributed by atoms with Gasteiger partial charge in [0, 0.05) is 19.6 Å².